The first-order valence-corrected chi connectivity index (χ1v) is 20.4. The van der Waals surface area contributed by atoms with Crippen molar-refractivity contribution < 1.29 is 0 Å². The van der Waals surface area contributed by atoms with E-state index in [0.717, 1.165) is 5.92 Å². The van der Waals surface area contributed by atoms with E-state index >= 15 is 0 Å². The second-order valence-electron chi connectivity index (χ2n) is 14.6. The lowest BCUT2D eigenvalue weighted by Crippen LogP contribution is -2.27. The van der Waals surface area contributed by atoms with Crippen LogP contribution in [0.15, 0.2) is 0 Å². The summed E-state index contributed by atoms with van der Waals surface area (Å²) in [5, 5.41) is 0. The average molecular weight is 592 g/mol. The highest BCUT2D eigenvalue weighted by molar-refractivity contribution is 4.61. The summed E-state index contributed by atoms with van der Waals surface area (Å²) in [7, 11) is 0. The first-order valence-electron chi connectivity index (χ1n) is 20.4. The molecule has 1 nitrogen and oxygen atoms in total. The number of hydrogen-bond donors (Lipinski definition) is 0. The molecule has 0 atom stereocenters. The molecule has 0 rings (SSSR count). The Morgan fingerprint density at radius 2 is 0.500 bits per heavy atom. The Morgan fingerprint density at radius 1 is 0.286 bits per heavy atom. The highest BCUT2D eigenvalue weighted by atomic mass is 15.1. The van der Waals surface area contributed by atoms with Gasteiger partial charge in [-0.05, 0) is 44.8 Å². The van der Waals surface area contributed by atoms with Crippen molar-refractivity contribution in [1.29, 1.82) is 0 Å². The third kappa shape index (κ3) is 36.2. The van der Waals surface area contributed by atoms with Crippen molar-refractivity contribution in [2.45, 2.75) is 240 Å². The molecule has 0 aliphatic rings. The van der Waals surface area contributed by atoms with Crippen LogP contribution in [0.5, 0.6) is 0 Å². The quantitative estimate of drug-likeness (QED) is 0.0649. The molecule has 254 valence electrons. The van der Waals surface area contributed by atoms with Crippen LogP contribution in [0, 0.1) is 5.92 Å². The zero-order valence-corrected chi connectivity index (χ0v) is 30.5. The molecule has 1 heteroatoms. The van der Waals surface area contributed by atoms with Crippen LogP contribution in [0.2, 0.25) is 0 Å². The van der Waals surface area contributed by atoms with Gasteiger partial charge >= 0.3 is 0 Å². The number of nitrogens with zero attached hydrogens (tertiary/aromatic N) is 1. The third-order valence-electron chi connectivity index (χ3n) is 9.66. The van der Waals surface area contributed by atoms with Gasteiger partial charge in [-0.25, -0.2) is 0 Å². The predicted molar refractivity (Wildman–Crippen MR) is 195 cm³/mol. The molecule has 0 heterocycles. The van der Waals surface area contributed by atoms with Crippen LogP contribution in [0.4, 0.5) is 0 Å². The fourth-order valence-corrected chi connectivity index (χ4v) is 6.64. The molecule has 0 aromatic carbocycles. The van der Waals surface area contributed by atoms with Crippen LogP contribution < -0.4 is 0 Å². The molecular formula is C41H85N. The van der Waals surface area contributed by atoms with E-state index in [1.807, 2.05) is 0 Å². The molecule has 0 aliphatic heterocycles. The van der Waals surface area contributed by atoms with Crippen molar-refractivity contribution in [3.63, 3.8) is 0 Å². The average Bonchev–Trinajstić information content (AvgIpc) is 2.98. The normalized spacial score (nSPS) is 11.9. The summed E-state index contributed by atoms with van der Waals surface area (Å²) in [4.78, 5) is 2.86. The van der Waals surface area contributed by atoms with Crippen LogP contribution in [0.1, 0.15) is 240 Å². The van der Waals surface area contributed by atoms with Gasteiger partial charge in [0, 0.05) is 0 Å². The predicted octanol–water partition coefficient (Wildman–Crippen LogP) is 14.9. The Kier molecular flexibility index (Phi) is 37.1. The van der Waals surface area contributed by atoms with Gasteiger partial charge in [0.15, 0.2) is 0 Å². The molecule has 0 aliphatic carbocycles. The van der Waals surface area contributed by atoms with Crippen LogP contribution in [0.25, 0.3) is 0 Å². The van der Waals surface area contributed by atoms with Gasteiger partial charge in [0.25, 0.3) is 0 Å². The maximum atomic E-state index is 2.86. The zero-order chi connectivity index (χ0) is 30.6. The van der Waals surface area contributed by atoms with Crippen molar-refractivity contribution in [3.8, 4) is 0 Å². The van der Waals surface area contributed by atoms with Gasteiger partial charge < -0.3 is 4.90 Å². The van der Waals surface area contributed by atoms with Crippen LogP contribution >= 0.6 is 0 Å². The maximum absolute atomic E-state index is 2.86. The van der Waals surface area contributed by atoms with E-state index in [-0.39, 0.29) is 0 Å². The summed E-state index contributed by atoms with van der Waals surface area (Å²) in [5.41, 5.74) is 0. The minimum atomic E-state index is 0.891. The fraction of sp³-hybridized carbons (Fsp3) is 1.00. The molecule has 0 aromatic rings. The minimum absolute atomic E-state index is 0.891. The molecule has 0 unspecified atom stereocenters. The van der Waals surface area contributed by atoms with E-state index < -0.39 is 0 Å². The van der Waals surface area contributed by atoms with Crippen molar-refractivity contribution in [3.05, 3.63) is 0 Å². The minimum Gasteiger partial charge on any atom is -0.303 e. The van der Waals surface area contributed by atoms with Crippen molar-refractivity contribution >= 4 is 0 Å². The Hall–Kier alpha value is -0.0400. The molecule has 0 spiro atoms. The molecule has 0 saturated heterocycles. The van der Waals surface area contributed by atoms with E-state index in [1.165, 1.54) is 232 Å². The zero-order valence-electron chi connectivity index (χ0n) is 30.5. The molecular weight excluding hydrogens is 506 g/mol. The van der Waals surface area contributed by atoms with Crippen molar-refractivity contribution in [1.82, 2.24) is 4.90 Å². The molecule has 0 N–H and O–H groups in total. The Balaban J connectivity index is 3.86. The first kappa shape index (κ1) is 42.0. The molecule has 42 heavy (non-hydrogen) atoms. The van der Waals surface area contributed by atoms with E-state index in [0.29, 0.717) is 0 Å². The molecule has 0 bridgehead atoms. The van der Waals surface area contributed by atoms with Gasteiger partial charge in [0.2, 0.25) is 0 Å². The lowest BCUT2D eigenvalue weighted by Gasteiger charge is -2.22. The van der Waals surface area contributed by atoms with Crippen LogP contribution in [-0.2, 0) is 0 Å². The first-order chi connectivity index (χ1) is 20.7. The van der Waals surface area contributed by atoms with Crippen LogP contribution in [0.3, 0.4) is 0 Å². The second-order valence-corrected chi connectivity index (χ2v) is 14.6. The fourth-order valence-electron chi connectivity index (χ4n) is 6.64. The highest BCUT2D eigenvalue weighted by Crippen LogP contribution is 2.16. The maximum Gasteiger partial charge on any atom is -0.00187 e. The van der Waals surface area contributed by atoms with Gasteiger partial charge in [-0.1, -0.05) is 220 Å². The smallest absolute Gasteiger partial charge is 0.00187 e. The summed E-state index contributed by atoms with van der Waals surface area (Å²) in [6.07, 6.45) is 48.1. The highest BCUT2D eigenvalue weighted by Gasteiger charge is 2.05. The molecule has 0 amide bonds. The lowest BCUT2D eigenvalue weighted by atomic mass is 10.0. The largest absolute Gasteiger partial charge is 0.303 e. The second kappa shape index (κ2) is 37.1. The van der Waals surface area contributed by atoms with Gasteiger partial charge in [-0.2, -0.15) is 0 Å². The lowest BCUT2D eigenvalue weighted by molar-refractivity contribution is 0.254. The molecule has 0 aromatic heterocycles. The van der Waals surface area contributed by atoms with Gasteiger partial charge in [0.1, 0.15) is 0 Å². The molecule has 0 fully saturated rings. The third-order valence-corrected chi connectivity index (χ3v) is 9.66. The summed E-state index contributed by atoms with van der Waals surface area (Å²) in [5.74, 6) is 0.891. The molecule has 0 saturated carbocycles. The SMILES string of the molecule is CCCCCCCCCCCCN(CCCCCCCCCCCC)CCCCCCCCCCCCCCC(C)C. The monoisotopic (exact) mass is 592 g/mol. The van der Waals surface area contributed by atoms with Gasteiger partial charge in [0.05, 0.1) is 0 Å². The number of hydrogen-bond acceptors (Lipinski definition) is 1. The van der Waals surface area contributed by atoms with Gasteiger partial charge in [-0.3, -0.25) is 0 Å². The Bertz CT molecular complexity index is 434. The standard InChI is InChI=1S/C41H85N/c1-5-7-9-11-13-15-22-26-30-34-38-42(39-35-31-27-23-16-14-12-10-8-6-2)40-36-32-28-24-20-18-17-19-21-25-29-33-37-41(3)4/h41H,5-40H2,1-4H3. The summed E-state index contributed by atoms with van der Waals surface area (Å²) < 4.78 is 0. The van der Waals surface area contributed by atoms with E-state index in [4.69, 9.17) is 0 Å². The van der Waals surface area contributed by atoms with Crippen molar-refractivity contribution in [2.24, 2.45) is 5.92 Å². The van der Waals surface area contributed by atoms with Crippen LogP contribution in [-0.4, -0.2) is 24.5 Å². The van der Waals surface area contributed by atoms with Crippen molar-refractivity contribution in [2.75, 3.05) is 19.6 Å². The Labute approximate surface area is 269 Å². The topological polar surface area (TPSA) is 3.24 Å². The Morgan fingerprint density at radius 3 is 0.738 bits per heavy atom. The molecule has 0 radical (unpaired) electrons. The van der Waals surface area contributed by atoms with E-state index in [2.05, 4.69) is 32.6 Å². The summed E-state index contributed by atoms with van der Waals surface area (Å²) in [6.45, 7) is 13.4. The summed E-state index contributed by atoms with van der Waals surface area (Å²) in [6, 6.07) is 0. The summed E-state index contributed by atoms with van der Waals surface area (Å²) >= 11 is 0. The van der Waals surface area contributed by atoms with Gasteiger partial charge in [-0.15, -0.1) is 0 Å². The number of rotatable bonds is 37. The van der Waals surface area contributed by atoms with E-state index in [9.17, 15) is 0 Å². The van der Waals surface area contributed by atoms with E-state index in [1.54, 1.807) is 0 Å². The number of unbranched alkanes of at least 4 members (excludes halogenated alkanes) is 29.